The molecule has 1 heterocycles. The normalized spacial score (nSPS) is 10.8. The molecule has 0 saturated heterocycles. The number of hydrogen-bond donors (Lipinski definition) is 2. The molecule has 23 heavy (non-hydrogen) atoms. The van der Waals surface area contributed by atoms with E-state index >= 15 is 0 Å². The predicted molar refractivity (Wildman–Crippen MR) is 92.2 cm³/mol. The van der Waals surface area contributed by atoms with Gasteiger partial charge in [-0.1, -0.05) is 0 Å². The number of aryl methyl sites for hydroxylation is 1. The van der Waals surface area contributed by atoms with Crippen molar-refractivity contribution in [3.63, 3.8) is 0 Å². The van der Waals surface area contributed by atoms with E-state index in [4.69, 9.17) is 11.6 Å². The van der Waals surface area contributed by atoms with E-state index < -0.39 is 0 Å². The number of Topliss-reactive ketones (excluding diaryl/α,β-unsaturated/α-hetero) is 1. The number of para-hydroxylation sites is 1. The fourth-order valence-corrected chi connectivity index (χ4v) is 3.97. The minimum atomic E-state index is -0.186. The summed E-state index contributed by atoms with van der Waals surface area (Å²) >= 11 is -0.186. The van der Waals surface area contributed by atoms with Crippen LogP contribution in [-0.4, -0.2) is 25.7 Å². The summed E-state index contributed by atoms with van der Waals surface area (Å²) in [5.74, 6) is 6.59. The van der Waals surface area contributed by atoms with Gasteiger partial charge in [-0.05, 0) is 0 Å². The zero-order valence-corrected chi connectivity index (χ0v) is 14.4. The van der Waals surface area contributed by atoms with Crippen molar-refractivity contribution in [2.45, 2.75) is 12.2 Å². The molecule has 0 saturated carbocycles. The Balaban J connectivity index is 1.83. The van der Waals surface area contributed by atoms with Gasteiger partial charge in [0.2, 0.25) is 0 Å². The summed E-state index contributed by atoms with van der Waals surface area (Å²) in [6.07, 6.45) is 0. The van der Waals surface area contributed by atoms with Crippen LogP contribution in [0.1, 0.15) is 15.9 Å². The molecule has 0 aliphatic carbocycles. The van der Waals surface area contributed by atoms with Crippen LogP contribution in [0.25, 0.3) is 10.9 Å². The zero-order chi connectivity index (χ0) is 16.4. The number of carbonyl (C=O) groups excluding carboxylic acids is 1. The number of nitrogens with two attached hydrogens (primary N) is 2. The van der Waals surface area contributed by atoms with Crippen LogP contribution in [0.5, 0.6) is 0 Å². The van der Waals surface area contributed by atoms with Crippen molar-refractivity contribution in [3.05, 3.63) is 59.7 Å². The van der Waals surface area contributed by atoms with E-state index in [0.717, 1.165) is 22.0 Å². The zero-order valence-electron chi connectivity index (χ0n) is 12.7. The first-order valence-electron chi connectivity index (χ1n) is 7.14. The van der Waals surface area contributed by atoms with Crippen LogP contribution >= 0.6 is 0 Å². The van der Waals surface area contributed by atoms with Crippen molar-refractivity contribution in [1.29, 1.82) is 0 Å². The number of fused-ring (bicyclic) bond motifs is 1. The van der Waals surface area contributed by atoms with Crippen molar-refractivity contribution < 1.29 is 9.47 Å². The molecular formula is C17H17N4OSe+. The second-order valence-corrected chi connectivity index (χ2v) is 7.22. The Labute approximate surface area is 140 Å². The summed E-state index contributed by atoms with van der Waals surface area (Å²) in [4.78, 5) is 16.8. The molecule has 6 heteroatoms. The molecule has 4 N–H and O–H groups in total. The van der Waals surface area contributed by atoms with Gasteiger partial charge >= 0.3 is 140 Å². The Morgan fingerprint density at radius 1 is 1.17 bits per heavy atom. The van der Waals surface area contributed by atoms with Gasteiger partial charge in [0, 0.05) is 0 Å². The first-order chi connectivity index (χ1) is 11.1. The standard InChI is InChI=1S/C17H16N4OSe/c1-11-6-8-12(9-7-11)15(22)10-23-17-20-14-5-3-2-4-13(14)16(18)21(17)19/h2-9,18H,10,19H2,1H3/p+1. The van der Waals surface area contributed by atoms with Crippen molar-refractivity contribution in [3.8, 4) is 0 Å². The van der Waals surface area contributed by atoms with Crippen molar-refractivity contribution in [2.75, 3.05) is 11.6 Å². The van der Waals surface area contributed by atoms with Crippen LogP contribution in [-0.2, 0) is 0 Å². The molecule has 1 aromatic heterocycles. The number of anilines is 1. The molecule has 0 bridgehead atoms. The van der Waals surface area contributed by atoms with Crippen LogP contribution in [0.3, 0.4) is 0 Å². The number of rotatable bonds is 4. The summed E-state index contributed by atoms with van der Waals surface area (Å²) in [7, 11) is 0. The average Bonchev–Trinajstić information content (AvgIpc) is 2.57. The van der Waals surface area contributed by atoms with E-state index in [1.165, 1.54) is 4.68 Å². The Morgan fingerprint density at radius 2 is 1.87 bits per heavy atom. The number of carbonyl (C=O) groups is 1. The molecule has 0 aliphatic heterocycles. The third-order valence-corrected chi connectivity index (χ3v) is 5.57. The Kier molecular flexibility index (Phi) is 4.28. The van der Waals surface area contributed by atoms with Crippen LogP contribution in [0, 0.1) is 6.92 Å². The summed E-state index contributed by atoms with van der Waals surface area (Å²) in [5, 5.41) is 1.22. The van der Waals surface area contributed by atoms with Gasteiger partial charge in [0.25, 0.3) is 0 Å². The first kappa shape index (κ1) is 15.5. The summed E-state index contributed by atoms with van der Waals surface area (Å²) in [6.45, 7) is 2.00. The van der Waals surface area contributed by atoms with Gasteiger partial charge in [-0.25, -0.2) is 0 Å². The Bertz CT molecular complexity index is 878. The monoisotopic (exact) mass is 373 g/mol. The molecule has 3 aromatic rings. The van der Waals surface area contributed by atoms with E-state index in [-0.39, 0.29) is 20.7 Å². The molecule has 0 atom stereocenters. The molecule has 0 aliphatic rings. The van der Waals surface area contributed by atoms with Gasteiger partial charge in [0.05, 0.1) is 0 Å². The molecule has 0 spiro atoms. The second-order valence-electron chi connectivity index (χ2n) is 5.24. The van der Waals surface area contributed by atoms with Crippen molar-refractivity contribution in [1.82, 2.24) is 4.98 Å². The Morgan fingerprint density at radius 3 is 2.61 bits per heavy atom. The minimum absolute atomic E-state index is 0.0959. The van der Waals surface area contributed by atoms with Crippen LogP contribution in [0.4, 0.5) is 5.82 Å². The van der Waals surface area contributed by atoms with Gasteiger partial charge in [-0.15, -0.1) is 0 Å². The SMILES string of the molecule is Cc1ccc(C(=O)C[Se]c2nc3ccccc3c(N)[n+]2N)cc1. The molecule has 5 nitrogen and oxygen atoms in total. The van der Waals surface area contributed by atoms with Gasteiger partial charge in [-0.3, -0.25) is 0 Å². The number of aromatic nitrogens is 2. The molecule has 116 valence electrons. The number of benzene rings is 2. The van der Waals surface area contributed by atoms with Crippen LogP contribution in [0.15, 0.2) is 48.5 Å². The number of ketones is 1. The van der Waals surface area contributed by atoms with Crippen molar-refractivity contribution >= 4 is 42.2 Å². The second kappa shape index (κ2) is 6.36. The van der Waals surface area contributed by atoms with Gasteiger partial charge < -0.3 is 0 Å². The predicted octanol–water partition coefficient (Wildman–Crippen LogP) is 0.757. The molecule has 0 amide bonds. The fraction of sp³-hybridized carbons (Fsp3) is 0.118. The molecule has 0 radical (unpaired) electrons. The van der Waals surface area contributed by atoms with E-state index in [1.54, 1.807) is 0 Å². The maximum absolute atomic E-state index is 12.3. The Hall–Kier alpha value is -2.43. The fourth-order valence-electron chi connectivity index (χ4n) is 2.23. The quantitative estimate of drug-likeness (QED) is 0.306. The van der Waals surface area contributed by atoms with Gasteiger partial charge in [0.15, 0.2) is 0 Å². The van der Waals surface area contributed by atoms with Crippen LogP contribution < -0.4 is 21.0 Å². The molecule has 0 unspecified atom stereocenters. The van der Waals surface area contributed by atoms with E-state index in [1.807, 2.05) is 55.5 Å². The third kappa shape index (κ3) is 3.18. The maximum atomic E-state index is 12.3. The molecule has 2 aromatic carbocycles. The molecule has 0 fully saturated rings. The third-order valence-electron chi connectivity index (χ3n) is 3.57. The topological polar surface area (TPSA) is 85.9 Å². The number of hydrogen-bond acceptors (Lipinski definition) is 4. The average molecular weight is 372 g/mol. The summed E-state index contributed by atoms with van der Waals surface area (Å²) in [5.41, 5.74) is 8.73. The summed E-state index contributed by atoms with van der Waals surface area (Å²) in [6, 6.07) is 15.2. The molecular weight excluding hydrogens is 355 g/mol. The molecule has 3 rings (SSSR count). The first-order valence-corrected chi connectivity index (χ1v) is 9.21. The van der Waals surface area contributed by atoms with E-state index in [0.29, 0.717) is 15.9 Å². The van der Waals surface area contributed by atoms with Gasteiger partial charge in [-0.2, -0.15) is 0 Å². The van der Waals surface area contributed by atoms with E-state index in [2.05, 4.69) is 4.98 Å². The number of nitrogens with zero attached hydrogens (tertiary/aromatic N) is 2. The van der Waals surface area contributed by atoms with Crippen LogP contribution in [0.2, 0.25) is 5.32 Å². The van der Waals surface area contributed by atoms with Gasteiger partial charge in [0.1, 0.15) is 0 Å². The summed E-state index contributed by atoms with van der Waals surface area (Å²) < 4.78 is 2.05. The van der Waals surface area contributed by atoms with E-state index in [9.17, 15) is 4.79 Å². The number of nitrogen functional groups attached to an aromatic ring is 2. The van der Waals surface area contributed by atoms with Crippen molar-refractivity contribution in [2.24, 2.45) is 0 Å².